The zero-order valence-electron chi connectivity index (χ0n) is 15.6. The molecule has 2 aliphatic heterocycles. The van der Waals surface area contributed by atoms with Crippen molar-refractivity contribution >= 4 is 17.5 Å². The summed E-state index contributed by atoms with van der Waals surface area (Å²) in [6, 6.07) is 8.41. The first-order chi connectivity index (χ1) is 13.2. The van der Waals surface area contributed by atoms with E-state index in [1.807, 2.05) is 19.9 Å². The summed E-state index contributed by atoms with van der Waals surface area (Å²) in [5.41, 5.74) is 0.899. The summed E-state index contributed by atoms with van der Waals surface area (Å²) in [7, 11) is 0. The van der Waals surface area contributed by atoms with E-state index >= 15 is 0 Å². The highest BCUT2D eigenvalue weighted by molar-refractivity contribution is 5.97. The molecule has 148 valence electrons. The van der Waals surface area contributed by atoms with Crippen molar-refractivity contribution in [3.8, 4) is 11.3 Å². The third-order valence-electron chi connectivity index (χ3n) is 5.07. The van der Waals surface area contributed by atoms with Gasteiger partial charge >= 0.3 is 12.2 Å². The molecule has 0 unspecified atom stereocenters. The number of amides is 2. The van der Waals surface area contributed by atoms with Crippen LogP contribution >= 0.6 is 0 Å². The molecule has 2 amide bonds. The number of rotatable bonds is 2. The van der Waals surface area contributed by atoms with Crippen LogP contribution in [0.15, 0.2) is 36.4 Å². The summed E-state index contributed by atoms with van der Waals surface area (Å²) in [6.45, 7) is 5.34. The second kappa shape index (κ2) is 6.68. The van der Waals surface area contributed by atoms with Crippen molar-refractivity contribution in [1.82, 2.24) is 10.3 Å². The minimum atomic E-state index is -4.42. The van der Waals surface area contributed by atoms with Crippen LogP contribution in [-0.4, -0.2) is 36.2 Å². The molecule has 1 fully saturated rings. The van der Waals surface area contributed by atoms with E-state index in [0.717, 1.165) is 37.3 Å². The number of hydrogen-bond donors (Lipinski definition) is 1. The maximum atomic E-state index is 13.1. The second-order valence-corrected chi connectivity index (χ2v) is 7.48. The number of carbonyl (C=O) groups is 1. The Morgan fingerprint density at radius 3 is 2.75 bits per heavy atom. The van der Waals surface area contributed by atoms with E-state index in [-0.39, 0.29) is 18.1 Å². The Bertz CT molecular complexity index is 913. The average Bonchev–Trinajstić information content (AvgIpc) is 3.04. The van der Waals surface area contributed by atoms with Crippen molar-refractivity contribution in [2.45, 2.75) is 38.5 Å². The molecule has 28 heavy (non-hydrogen) atoms. The van der Waals surface area contributed by atoms with E-state index in [0.29, 0.717) is 17.1 Å². The molecule has 0 aliphatic carbocycles. The molecule has 2 bridgehead atoms. The molecule has 0 saturated carbocycles. The Hall–Kier alpha value is -2.77. The molecular formula is C20H21F3N4O. The first-order valence-corrected chi connectivity index (χ1v) is 9.27. The summed E-state index contributed by atoms with van der Waals surface area (Å²) in [5.74, 6) is 0.502. The van der Waals surface area contributed by atoms with Gasteiger partial charge in [0.15, 0.2) is 5.82 Å². The first kappa shape index (κ1) is 18.6. The number of nitrogens with zero attached hydrogens (tertiary/aromatic N) is 3. The van der Waals surface area contributed by atoms with Crippen LogP contribution in [0.1, 0.15) is 25.8 Å². The second-order valence-electron chi connectivity index (χ2n) is 7.48. The molecule has 0 radical (unpaired) electrons. The van der Waals surface area contributed by atoms with Crippen LogP contribution in [0.5, 0.6) is 0 Å². The largest absolute Gasteiger partial charge is 0.416 e. The zero-order valence-corrected chi connectivity index (χ0v) is 15.6. The third-order valence-corrected chi connectivity index (χ3v) is 5.07. The van der Waals surface area contributed by atoms with Gasteiger partial charge in [-0.15, -0.1) is 0 Å². The van der Waals surface area contributed by atoms with E-state index in [1.165, 1.54) is 6.07 Å². The fourth-order valence-electron chi connectivity index (χ4n) is 3.80. The quantitative estimate of drug-likeness (QED) is 0.833. The zero-order chi connectivity index (χ0) is 20.1. The highest BCUT2D eigenvalue weighted by atomic mass is 19.4. The summed E-state index contributed by atoms with van der Waals surface area (Å²) in [4.78, 5) is 21.2. The maximum absolute atomic E-state index is 13.1. The smallest absolute Gasteiger partial charge is 0.366 e. The van der Waals surface area contributed by atoms with Crippen LogP contribution in [0.4, 0.5) is 29.5 Å². The molecule has 8 heteroatoms. The summed E-state index contributed by atoms with van der Waals surface area (Å²) in [6.07, 6.45) is -3.58. The molecule has 1 aromatic heterocycles. The van der Waals surface area contributed by atoms with Crippen molar-refractivity contribution in [1.29, 1.82) is 0 Å². The molecule has 1 N–H and O–H groups in total. The van der Waals surface area contributed by atoms with Crippen molar-refractivity contribution in [2.24, 2.45) is 0 Å². The molecule has 1 saturated heterocycles. The lowest BCUT2D eigenvalue weighted by atomic mass is 10.1. The van der Waals surface area contributed by atoms with Crippen molar-refractivity contribution < 1.29 is 18.0 Å². The minimum Gasteiger partial charge on any atom is -0.366 e. The Morgan fingerprint density at radius 1 is 1.25 bits per heavy atom. The van der Waals surface area contributed by atoms with Crippen LogP contribution in [0, 0.1) is 0 Å². The van der Waals surface area contributed by atoms with E-state index in [9.17, 15) is 18.0 Å². The van der Waals surface area contributed by atoms with E-state index in [1.54, 1.807) is 17.0 Å². The topological polar surface area (TPSA) is 48.5 Å². The van der Waals surface area contributed by atoms with Crippen LogP contribution in [0.3, 0.4) is 0 Å². The number of halogens is 3. The van der Waals surface area contributed by atoms with Gasteiger partial charge in [-0.25, -0.2) is 9.78 Å². The standard InChI is InChI=1S/C20H21F3N4O/c1-12(2)24-19(28)27-15-8-9-26(11-15)17-7-6-16(25-18(17)27)13-4-3-5-14(10-13)20(21,22)23/h3-7,10,12,15H,8-9,11H2,1-2H3,(H,24,28)/t15-/m0/s1. The lowest BCUT2D eigenvalue weighted by molar-refractivity contribution is -0.137. The number of urea groups is 1. The molecule has 0 spiro atoms. The molecule has 3 heterocycles. The van der Waals surface area contributed by atoms with Gasteiger partial charge in [-0.1, -0.05) is 12.1 Å². The molecule has 1 aromatic carbocycles. The van der Waals surface area contributed by atoms with Crippen LogP contribution in [0.2, 0.25) is 0 Å². The van der Waals surface area contributed by atoms with Crippen molar-refractivity contribution in [3.05, 3.63) is 42.0 Å². The Labute approximate surface area is 161 Å². The number of benzene rings is 1. The molecule has 2 aliphatic rings. The molecular weight excluding hydrogens is 369 g/mol. The predicted octanol–water partition coefficient (Wildman–Crippen LogP) is 4.28. The fourth-order valence-corrected chi connectivity index (χ4v) is 3.80. The number of nitrogens with one attached hydrogen (secondary N) is 1. The fraction of sp³-hybridized carbons (Fsp3) is 0.400. The minimum absolute atomic E-state index is 0.00973. The number of alkyl halides is 3. The number of carbonyl (C=O) groups excluding carboxylic acids is 1. The van der Waals surface area contributed by atoms with E-state index < -0.39 is 11.7 Å². The molecule has 5 nitrogen and oxygen atoms in total. The van der Waals surface area contributed by atoms with Crippen LogP contribution in [-0.2, 0) is 6.18 Å². The molecule has 1 atom stereocenters. The van der Waals surface area contributed by atoms with Crippen LogP contribution in [0.25, 0.3) is 11.3 Å². The van der Waals surface area contributed by atoms with Gasteiger partial charge in [0.25, 0.3) is 0 Å². The number of hydrogen-bond acceptors (Lipinski definition) is 3. The highest BCUT2D eigenvalue weighted by Gasteiger charge is 2.40. The SMILES string of the molecule is CC(C)NC(=O)N1c2nc(-c3cccc(C(F)(F)F)c3)ccc2N2CC[C@H]1C2. The van der Waals surface area contributed by atoms with Gasteiger partial charge < -0.3 is 10.2 Å². The Morgan fingerprint density at radius 2 is 2.04 bits per heavy atom. The lowest BCUT2D eigenvalue weighted by Crippen LogP contribution is -2.52. The Kier molecular flexibility index (Phi) is 4.44. The van der Waals surface area contributed by atoms with Crippen molar-refractivity contribution in [2.75, 3.05) is 22.9 Å². The van der Waals surface area contributed by atoms with Gasteiger partial charge in [0.05, 0.1) is 23.0 Å². The number of pyridine rings is 1. The summed E-state index contributed by atoms with van der Waals surface area (Å²) in [5, 5.41) is 2.90. The van der Waals surface area contributed by atoms with Gasteiger partial charge in [0.1, 0.15) is 0 Å². The predicted molar refractivity (Wildman–Crippen MR) is 101 cm³/mol. The molecule has 4 rings (SSSR count). The summed E-state index contributed by atoms with van der Waals surface area (Å²) >= 11 is 0. The lowest BCUT2D eigenvalue weighted by Gasteiger charge is -2.36. The number of fused-ring (bicyclic) bond motifs is 4. The van der Waals surface area contributed by atoms with Gasteiger partial charge in [-0.3, -0.25) is 4.90 Å². The van der Waals surface area contributed by atoms with Gasteiger partial charge in [0.2, 0.25) is 0 Å². The first-order valence-electron chi connectivity index (χ1n) is 9.27. The Balaban J connectivity index is 1.77. The number of anilines is 2. The van der Waals surface area contributed by atoms with Gasteiger partial charge in [0, 0.05) is 24.7 Å². The average molecular weight is 390 g/mol. The third kappa shape index (κ3) is 3.27. The van der Waals surface area contributed by atoms with Crippen molar-refractivity contribution in [3.63, 3.8) is 0 Å². The van der Waals surface area contributed by atoms with Crippen LogP contribution < -0.4 is 15.1 Å². The van der Waals surface area contributed by atoms with E-state index in [4.69, 9.17) is 0 Å². The van der Waals surface area contributed by atoms with Gasteiger partial charge in [-0.2, -0.15) is 13.2 Å². The summed E-state index contributed by atoms with van der Waals surface area (Å²) < 4.78 is 39.2. The highest BCUT2D eigenvalue weighted by Crippen LogP contribution is 2.40. The van der Waals surface area contributed by atoms with Gasteiger partial charge in [-0.05, 0) is 44.5 Å². The normalized spacial score (nSPS) is 18.4. The monoisotopic (exact) mass is 390 g/mol. The maximum Gasteiger partial charge on any atom is 0.416 e. The van der Waals surface area contributed by atoms with E-state index in [2.05, 4.69) is 15.2 Å². The molecule has 2 aromatic rings. The number of aromatic nitrogens is 1.